The van der Waals surface area contributed by atoms with Crippen molar-refractivity contribution in [2.24, 2.45) is 0 Å². The lowest BCUT2D eigenvalue weighted by Gasteiger charge is -2.19. The van der Waals surface area contributed by atoms with E-state index in [9.17, 15) is 0 Å². The lowest BCUT2D eigenvalue weighted by molar-refractivity contribution is 0.414. The van der Waals surface area contributed by atoms with Gasteiger partial charge in [0.1, 0.15) is 5.75 Å². The molecular formula is C17H20ClNOS. The summed E-state index contributed by atoms with van der Waals surface area (Å²) in [4.78, 5) is 1.23. The fourth-order valence-corrected chi connectivity index (χ4v) is 3.36. The molecule has 0 heterocycles. The summed E-state index contributed by atoms with van der Waals surface area (Å²) in [6.45, 7) is 2.12. The summed E-state index contributed by atoms with van der Waals surface area (Å²) < 4.78 is 5.27. The van der Waals surface area contributed by atoms with Crippen molar-refractivity contribution in [3.05, 3.63) is 58.6 Å². The van der Waals surface area contributed by atoms with Crippen LogP contribution in [-0.2, 0) is 0 Å². The number of halogens is 1. The summed E-state index contributed by atoms with van der Waals surface area (Å²) >= 11 is 7.74. The lowest BCUT2D eigenvalue weighted by Crippen LogP contribution is -2.19. The van der Waals surface area contributed by atoms with Gasteiger partial charge in [0.25, 0.3) is 0 Å². The summed E-state index contributed by atoms with van der Waals surface area (Å²) in [6.07, 6.45) is 0. The van der Waals surface area contributed by atoms with Crippen molar-refractivity contribution in [2.75, 3.05) is 19.9 Å². The molecule has 0 aliphatic heterocycles. The molecule has 0 aliphatic carbocycles. The van der Waals surface area contributed by atoms with Crippen LogP contribution in [0.15, 0.2) is 47.4 Å². The topological polar surface area (TPSA) is 21.3 Å². The van der Waals surface area contributed by atoms with Gasteiger partial charge in [0.2, 0.25) is 0 Å². The lowest BCUT2D eigenvalue weighted by atomic mass is 10.0. The van der Waals surface area contributed by atoms with Crippen molar-refractivity contribution in [1.29, 1.82) is 0 Å². The Morgan fingerprint density at radius 1 is 1.19 bits per heavy atom. The van der Waals surface area contributed by atoms with E-state index < -0.39 is 0 Å². The molecule has 0 spiro atoms. The predicted molar refractivity (Wildman–Crippen MR) is 91.7 cm³/mol. The maximum Gasteiger partial charge on any atom is 0.119 e. The van der Waals surface area contributed by atoms with E-state index in [-0.39, 0.29) is 0 Å². The zero-order chi connectivity index (χ0) is 15.2. The van der Waals surface area contributed by atoms with Crippen LogP contribution in [0.2, 0.25) is 5.02 Å². The Hall–Kier alpha value is -1.16. The maximum absolute atomic E-state index is 5.91. The highest BCUT2D eigenvalue weighted by atomic mass is 35.5. The van der Waals surface area contributed by atoms with Gasteiger partial charge >= 0.3 is 0 Å². The third-order valence-corrected chi connectivity index (χ3v) is 4.79. The Kier molecular flexibility index (Phi) is 5.97. The largest absolute Gasteiger partial charge is 0.497 e. The molecule has 2 nitrogen and oxygen atoms in total. The van der Waals surface area contributed by atoms with Crippen molar-refractivity contribution in [1.82, 2.24) is 5.32 Å². The molecule has 0 amide bonds. The van der Waals surface area contributed by atoms with E-state index in [1.54, 1.807) is 7.11 Å². The summed E-state index contributed by atoms with van der Waals surface area (Å²) in [5, 5.41) is 4.16. The molecule has 112 valence electrons. The molecule has 1 unspecified atom stereocenters. The van der Waals surface area contributed by atoms with Crippen LogP contribution < -0.4 is 10.1 Å². The number of ether oxygens (including phenoxy) is 1. The standard InChI is InChI=1S/C17H20ClNOS/c1-12-10-14(20-3)6-9-16(12)17(19-2)11-21-15-7-4-13(18)5-8-15/h4-10,17,19H,11H2,1-3H3. The van der Waals surface area contributed by atoms with Gasteiger partial charge in [-0.3, -0.25) is 0 Å². The molecule has 1 atom stereocenters. The maximum atomic E-state index is 5.91. The first kappa shape index (κ1) is 16.2. The van der Waals surface area contributed by atoms with E-state index in [0.717, 1.165) is 16.5 Å². The Labute approximate surface area is 135 Å². The van der Waals surface area contributed by atoms with Gasteiger partial charge in [0.15, 0.2) is 0 Å². The normalized spacial score (nSPS) is 12.2. The van der Waals surface area contributed by atoms with Crippen LogP contribution in [0.25, 0.3) is 0 Å². The molecule has 0 bridgehead atoms. The summed E-state index contributed by atoms with van der Waals surface area (Å²) in [6, 6.07) is 14.5. The minimum atomic E-state index is 0.302. The van der Waals surface area contributed by atoms with Crippen LogP contribution in [0.4, 0.5) is 0 Å². The molecule has 2 aromatic carbocycles. The van der Waals surface area contributed by atoms with Gasteiger partial charge in [-0.05, 0) is 61.5 Å². The first-order valence-corrected chi connectivity index (χ1v) is 8.20. The second-order valence-electron chi connectivity index (χ2n) is 4.83. The van der Waals surface area contributed by atoms with Crippen molar-refractivity contribution in [2.45, 2.75) is 17.9 Å². The van der Waals surface area contributed by atoms with E-state index in [1.165, 1.54) is 16.0 Å². The van der Waals surface area contributed by atoms with E-state index >= 15 is 0 Å². The molecule has 0 radical (unpaired) electrons. The Balaban J connectivity index is 2.07. The fourth-order valence-electron chi connectivity index (χ4n) is 2.21. The monoisotopic (exact) mass is 321 g/mol. The van der Waals surface area contributed by atoms with E-state index in [0.29, 0.717) is 6.04 Å². The van der Waals surface area contributed by atoms with Gasteiger partial charge in [-0.2, -0.15) is 0 Å². The van der Waals surface area contributed by atoms with Crippen molar-refractivity contribution >= 4 is 23.4 Å². The number of methoxy groups -OCH3 is 1. The highest BCUT2D eigenvalue weighted by Crippen LogP contribution is 2.28. The number of thioether (sulfide) groups is 1. The smallest absolute Gasteiger partial charge is 0.119 e. The Morgan fingerprint density at radius 3 is 2.48 bits per heavy atom. The SMILES string of the molecule is CNC(CSc1ccc(Cl)cc1)c1ccc(OC)cc1C. The van der Waals surface area contributed by atoms with Gasteiger partial charge in [0.05, 0.1) is 7.11 Å². The van der Waals surface area contributed by atoms with E-state index in [1.807, 2.05) is 37.0 Å². The van der Waals surface area contributed by atoms with Gasteiger partial charge in [-0.15, -0.1) is 11.8 Å². The second kappa shape index (κ2) is 7.74. The number of benzene rings is 2. The molecule has 1 N–H and O–H groups in total. The number of hydrogen-bond donors (Lipinski definition) is 1. The van der Waals surface area contributed by atoms with Crippen LogP contribution in [0.3, 0.4) is 0 Å². The second-order valence-corrected chi connectivity index (χ2v) is 6.36. The molecule has 0 aromatic heterocycles. The minimum absolute atomic E-state index is 0.302. The van der Waals surface area contributed by atoms with Gasteiger partial charge < -0.3 is 10.1 Å². The average molecular weight is 322 g/mol. The third-order valence-electron chi connectivity index (χ3n) is 3.43. The minimum Gasteiger partial charge on any atom is -0.497 e. The van der Waals surface area contributed by atoms with Crippen LogP contribution in [0, 0.1) is 6.92 Å². The van der Waals surface area contributed by atoms with E-state index in [2.05, 4.69) is 36.5 Å². The fraction of sp³-hybridized carbons (Fsp3) is 0.294. The number of nitrogens with one attached hydrogen (secondary N) is 1. The molecule has 21 heavy (non-hydrogen) atoms. The molecule has 2 rings (SSSR count). The molecule has 0 saturated heterocycles. The first-order valence-electron chi connectivity index (χ1n) is 6.84. The van der Waals surface area contributed by atoms with Crippen LogP contribution in [0.5, 0.6) is 5.75 Å². The van der Waals surface area contributed by atoms with Gasteiger partial charge in [-0.25, -0.2) is 0 Å². The molecular weight excluding hydrogens is 302 g/mol. The number of hydrogen-bond acceptors (Lipinski definition) is 3. The highest BCUT2D eigenvalue weighted by molar-refractivity contribution is 7.99. The molecule has 0 aliphatic rings. The summed E-state index contributed by atoms with van der Waals surface area (Å²) in [5.74, 6) is 1.86. The van der Waals surface area contributed by atoms with E-state index in [4.69, 9.17) is 16.3 Å². The highest BCUT2D eigenvalue weighted by Gasteiger charge is 2.13. The average Bonchev–Trinajstić information content (AvgIpc) is 2.50. The quantitative estimate of drug-likeness (QED) is 0.778. The predicted octanol–water partition coefficient (Wildman–Crippen LogP) is 4.71. The first-order chi connectivity index (χ1) is 10.1. The molecule has 0 saturated carbocycles. The van der Waals surface area contributed by atoms with Crippen LogP contribution >= 0.6 is 23.4 Å². The van der Waals surface area contributed by atoms with Crippen molar-refractivity contribution in [3.63, 3.8) is 0 Å². The molecule has 2 aromatic rings. The van der Waals surface area contributed by atoms with Crippen LogP contribution in [0.1, 0.15) is 17.2 Å². The molecule has 0 fully saturated rings. The zero-order valence-corrected chi connectivity index (χ0v) is 14.1. The number of aryl methyl sites for hydroxylation is 1. The van der Waals surface area contributed by atoms with Crippen molar-refractivity contribution < 1.29 is 4.74 Å². The summed E-state index contributed by atoms with van der Waals surface area (Å²) in [5.41, 5.74) is 2.55. The molecule has 4 heteroatoms. The van der Waals surface area contributed by atoms with Gasteiger partial charge in [0, 0.05) is 21.7 Å². The van der Waals surface area contributed by atoms with Gasteiger partial charge in [-0.1, -0.05) is 17.7 Å². The number of rotatable bonds is 6. The third kappa shape index (κ3) is 4.40. The van der Waals surface area contributed by atoms with Crippen molar-refractivity contribution in [3.8, 4) is 5.75 Å². The summed E-state index contributed by atoms with van der Waals surface area (Å²) in [7, 11) is 3.69. The Bertz CT molecular complexity index is 586. The Morgan fingerprint density at radius 2 is 1.90 bits per heavy atom. The van der Waals surface area contributed by atoms with Crippen LogP contribution in [-0.4, -0.2) is 19.9 Å². The zero-order valence-electron chi connectivity index (χ0n) is 12.5.